The van der Waals surface area contributed by atoms with E-state index in [0.717, 1.165) is 35.2 Å². The van der Waals surface area contributed by atoms with Gasteiger partial charge in [0.2, 0.25) is 0 Å². The van der Waals surface area contributed by atoms with Crippen LogP contribution in [-0.2, 0) is 14.6 Å². The van der Waals surface area contributed by atoms with Gasteiger partial charge < -0.3 is 15.5 Å². The lowest BCUT2D eigenvalue weighted by Gasteiger charge is -2.17. The number of sulfone groups is 1. The fraction of sp³-hybridized carbons (Fsp3) is 0.250. The van der Waals surface area contributed by atoms with Gasteiger partial charge in [-0.05, 0) is 55.6 Å². The molecule has 166 valence electrons. The van der Waals surface area contributed by atoms with Crippen LogP contribution in [0.1, 0.15) is 19.4 Å². The predicted molar refractivity (Wildman–Crippen MR) is 128 cm³/mol. The largest absolute Gasteiger partial charge is 0.361 e. The van der Waals surface area contributed by atoms with Crippen LogP contribution in [0.5, 0.6) is 0 Å². The van der Waals surface area contributed by atoms with Gasteiger partial charge in [-0.25, -0.2) is 8.42 Å². The monoisotopic (exact) mass is 450 g/mol. The molecule has 0 spiro atoms. The Kier molecular flexibility index (Phi) is 6.25. The Bertz CT molecular complexity index is 1280. The van der Waals surface area contributed by atoms with Crippen molar-refractivity contribution in [3.63, 3.8) is 0 Å². The summed E-state index contributed by atoms with van der Waals surface area (Å²) in [5.41, 5.74) is 3.57. The zero-order valence-corrected chi connectivity index (χ0v) is 18.9. The molecule has 0 aliphatic carbocycles. The number of rotatable bonds is 8. The summed E-state index contributed by atoms with van der Waals surface area (Å²) in [6.45, 7) is 6.21. The summed E-state index contributed by atoms with van der Waals surface area (Å²) in [7, 11) is -3.35. The van der Waals surface area contributed by atoms with Crippen LogP contribution in [0, 0.1) is 0 Å². The Morgan fingerprint density at radius 1 is 1.06 bits per heavy atom. The van der Waals surface area contributed by atoms with E-state index in [-0.39, 0.29) is 11.7 Å². The van der Waals surface area contributed by atoms with Crippen molar-refractivity contribution < 1.29 is 13.2 Å². The maximum atomic E-state index is 12.6. The number of anilines is 2. The summed E-state index contributed by atoms with van der Waals surface area (Å²) in [6.07, 6.45) is 3.37. The Balaban J connectivity index is 1.53. The normalized spacial score (nSPS) is 14.7. The van der Waals surface area contributed by atoms with Crippen LogP contribution < -0.4 is 10.6 Å². The lowest BCUT2D eigenvalue weighted by atomic mass is 10.0. The number of benzene rings is 2. The van der Waals surface area contributed by atoms with Crippen LogP contribution in [0.2, 0.25) is 0 Å². The van der Waals surface area contributed by atoms with Gasteiger partial charge in [0.1, 0.15) is 0 Å². The number of hydrogen-bond acceptors (Lipinski definition) is 6. The average molecular weight is 451 g/mol. The summed E-state index contributed by atoms with van der Waals surface area (Å²) in [4.78, 5) is 19.3. The number of hydrogen-bond donors (Lipinski definition) is 2. The number of carbonyl (C=O) groups is 1. The van der Waals surface area contributed by atoms with Crippen LogP contribution in [0.25, 0.3) is 16.5 Å². The first-order valence-corrected chi connectivity index (χ1v) is 12.3. The third-order valence-corrected chi connectivity index (χ3v) is 7.42. The molecule has 0 radical (unpaired) electrons. The first-order chi connectivity index (χ1) is 15.4. The molecule has 0 atom stereocenters. The molecular weight excluding hydrogens is 424 g/mol. The van der Waals surface area contributed by atoms with Gasteiger partial charge in [0, 0.05) is 41.3 Å². The molecule has 8 heteroatoms. The van der Waals surface area contributed by atoms with E-state index in [2.05, 4.69) is 20.5 Å². The van der Waals surface area contributed by atoms with Crippen molar-refractivity contribution in [2.75, 3.05) is 36.0 Å². The summed E-state index contributed by atoms with van der Waals surface area (Å²) in [5, 5.41) is 6.90. The molecule has 0 unspecified atom stereocenters. The molecule has 1 aliphatic heterocycles. The number of nitrogens with one attached hydrogen (secondary N) is 2. The highest BCUT2D eigenvalue weighted by Crippen LogP contribution is 2.37. The standard InChI is InChI=1S/C24H26N4O3S/c1-3-28(4-2)14-15-32(30,31)18-9-7-17(8-10-18)26-16-20-23-19-6-5-13-25-21(19)11-12-22(23)27-24(20)29/h5-13,16,26H,3-4,14-15H2,1-2H3,(H,27,29). The predicted octanol–water partition coefficient (Wildman–Crippen LogP) is 3.76. The molecule has 2 aromatic carbocycles. The number of aromatic nitrogens is 1. The van der Waals surface area contributed by atoms with Gasteiger partial charge in [-0.3, -0.25) is 9.78 Å². The van der Waals surface area contributed by atoms with Gasteiger partial charge in [0.15, 0.2) is 9.84 Å². The number of pyridine rings is 1. The second-order valence-electron chi connectivity index (χ2n) is 7.58. The molecule has 1 aliphatic rings. The van der Waals surface area contributed by atoms with E-state index in [1.54, 1.807) is 36.7 Å². The lowest BCUT2D eigenvalue weighted by molar-refractivity contribution is -0.110. The third kappa shape index (κ3) is 4.37. The number of fused-ring (bicyclic) bond motifs is 3. The summed E-state index contributed by atoms with van der Waals surface area (Å²) in [5.74, 6) is -0.108. The van der Waals surface area contributed by atoms with Gasteiger partial charge in [0.05, 0.1) is 21.7 Å². The number of nitrogens with zero attached hydrogens (tertiary/aromatic N) is 2. The van der Waals surface area contributed by atoms with E-state index in [1.807, 2.05) is 38.1 Å². The van der Waals surface area contributed by atoms with Crippen molar-refractivity contribution in [1.29, 1.82) is 0 Å². The highest BCUT2D eigenvalue weighted by Gasteiger charge is 2.26. The summed E-state index contributed by atoms with van der Waals surface area (Å²) < 4.78 is 25.3. The van der Waals surface area contributed by atoms with Crippen molar-refractivity contribution >= 4 is 43.6 Å². The zero-order valence-electron chi connectivity index (χ0n) is 18.1. The van der Waals surface area contributed by atoms with Crippen LogP contribution in [0.4, 0.5) is 11.4 Å². The molecular formula is C24H26N4O3S. The van der Waals surface area contributed by atoms with Gasteiger partial charge in [-0.1, -0.05) is 19.9 Å². The lowest BCUT2D eigenvalue weighted by Crippen LogP contribution is -2.29. The zero-order chi connectivity index (χ0) is 22.7. The van der Waals surface area contributed by atoms with Crippen LogP contribution in [-0.4, -0.2) is 49.6 Å². The van der Waals surface area contributed by atoms with E-state index < -0.39 is 9.84 Å². The van der Waals surface area contributed by atoms with E-state index >= 15 is 0 Å². The van der Waals surface area contributed by atoms with Crippen LogP contribution in [0.3, 0.4) is 0 Å². The van der Waals surface area contributed by atoms with Crippen molar-refractivity contribution in [1.82, 2.24) is 9.88 Å². The second-order valence-corrected chi connectivity index (χ2v) is 9.69. The minimum absolute atomic E-state index is 0.0869. The smallest absolute Gasteiger partial charge is 0.257 e. The molecule has 3 aromatic rings. The van der Waals surface area contributed by atoms with Gasteiger partial charge in [-0.15, -0.1) is 0 Å². The van der Waals surface area contributed by atoms with Crippen LogP contribution in [0.15, 0.2) is 65.8 Å². The molecule has 0 saturated carbocycles. The average Bonchev–Trinajstić information content (AvgIpc) is 3.14. The number of amides is 1. The number of carbonyl (C=O) groups excluding carboxylic acids is 1. The molecule has 2 N–H and O–H groups in total. The van der Waals surface area contributed by atoms with Crippen molar-refractivity contribution in [3.8, 4) is 0 Å². The second kappa shape index (κ2) is 9.10. The Labute approximate surface area is 188 Å². The van der Waals surface area contributed by atoms with E-state index in [0.29, 0.717) is 22.7 Å². The fourth-order valence-corrected chi connectivity index (χ4v) is 5.09. The first-order valence-electron chi connectivity index (χ1n) is 10.6. The Morgan fingerprint density at radius 3 is 2.53 bits per heavy atom. The van der Waals surface area contributed by atoms with Gasteiger partial charge >= 0.3 is 0 Å². The molecule has 2 heterocycles. The van der Waals surface area contributed by atoms with Crippen molar-refractivity contribution in [3.05, 3.63) is 66.5 Å². The first kappa shape index (κ1) is 22.0. The van der Waals surface area contributed by atoms with Crippen molar-refractivity contribution in [2.24, 2.45) is 0 Å². The Hall–Kier alpha value is -3.23. The molecule has 1 aromatic heterocycles. The highest BCUT2D eigenvalue weighted by atomic mass is 32.2. The maximum Gasteiger partial charge on any atom is 0.257 e. The quantitative estimate of drug-likeness (QED) is 0.508. The SMILES string of the molecule is CCN(CC)CCS(=O)(=O)c1ccc(NC=C2C(=O)Nc3ccc4ncccc4c32)cc1. The van der Waals surface area contributed by atoms with Gasteiger partial charge in [0.25, 0.3) is 5.91 Å². The highest BCUT2D eigenvalue weighted by molar-refractivity contribution is 7.91. The van der Waals surface area contributed by atoms with Crippen LogP contribution >= 0.6 is 0 Å². The van der Waals surface area contributed by atoms with Gasteiger partial charge in [-0.2, -0.15) is 0 Å². The van der Waals surface area contributed by atoms with E-state index in [9.17, 15) is 13.2 Å². The molecule has 4 rings (SSSR count). The molecule has 32 heavy (non-hydrogen) atoms. The minimum atomic E-state index is -3.35. The maximum absolute atomic E-state index is 12.6. The molecule has 0 fully saturated rings. The molecule has 0 saturated heterocycles. The fourth-order valence-electron chi connectivity index (χ4n) is 3.81. The van der Waals surface area contributed by atoms with Crippen molar-refractivity contribution in [2.45, 2.75) is 18.7 Å². The molecule has 1 amide bonds. The van der Waals surface area contributed by atoms with E-state index in [1.165, 1.54) is 0 Å². The molecule has 0 bridgehead atoms. The topological polar surface area (TPSA) is 91.4 Å². The summed E-state index contributed by atoms with van der Waals surface area (Å²) in [6, 6.07) is 14.1. The third-order valence-electron chi connectivity index (χ3n) is 5.71. The summed E-state index contributed by atoms with van der Waals surface area (Å²) >= 11 is 0. The molecule has 7 nitrogen and oxygen atoms in total. The Morgan fingerprint density at radius 2 is 1.81 bits per heavy atom. The minimum Gasteiger partial charge on any atom is -0.361 e. The van der Waals surface area contributed by atoms with E-state index in [4.69, 9.17) is 0 Å².